The fraction of sp³-hybridized carbons (Fsp3) is 0.207. The molecule has 2 fully saturated rings. The quantitative estimate of drug-likeness (QED) is 0.154. The maximum atomic E-state index is 13.2. The number of carbonyl (C=O) groups excluding carboxylic acids is 5. The Morgan fingerprint density at radius 3 is 2.18 bits per heavy atom. The summed E-state index contributed by atoms with van der Waals surface area (Å²) in [4.78, 5) is 65.1. The zero-order valence-corrected chi connectivity index (χ0v) is 19.9. The number of imide groups is 1. The highest BCUT2D eigenvalue weighted by molar-refractivity contribution is 6.24. The zero-order valence-electron chi connectivity index (χ0n) is 19.9. The molecule has 190 valence electrons. The lowest BCUT2D eigenvalue weighted by Gasteiger charge is -2.19. The maximum absolute atomic E-state index is 13.2. The molecule has 0 radical (unpaired) electrons. The molecule has 0 N–H and O–H groups in total. The van der Waals surface area contributed by atoms with Crippen molar-refractivity contribution in [3.8, 4) is 5.75 Å². The Morgan fingerprint density at radius 1 is 0.842 bits per heavy atom. The number of esters is 2. The van der Waals surface area contributed by atoms with Gasteiger partial charge in [0.1, 0.15) is 5.75 Å². The Labute approximate surface area is 216 Å². The van der Waals surface area contributed by atoms with Gasteiger partial charge in [-0.3, -0.25) is 14.4 Å². The summed E-state index contributed by atoms with van der Waals surface area (Å²) in [5.41, 5.74) is 0.434. The molecule has 1 aromatic heterocycles. The van der Waals surface area contributed by atoms with E-state index in [0.717, 1.165) is 11.3 Å². The third kappa shape index (κ3) is 3.92. The van der Waals surface area contributed by atoms with Crippen LogP contribution in [-0.4, -0.2) is 36.1 Å². The Bertz CT molecular complexity index is 1460. The fourth-order valence-electron chi connectivity index (χ4n) is 5.53. The third-order valence-electron chi connectivity index (χ3n) is 7.28. The number of hydrogen-bond acceptors (Lipinski definition) is 8. The van der Waals surface area contributed by atoms with Crippen molar-refractivity contribution in [3.05, 3.63) is 96.0 Å². The van der Waals surface area contributed by atoms with Gasteiger partial charge in [-0.1, -0.05) is 24.3 Å². The molecule has 4 unspecified atom stereocenters. The van der Waals surface area contributed by atoms with E-state index in [1.165, 1.54) is 48.7 Å². The molecular formula is C29H21NO8. The molecule has 2 amide bonds. The number of furan rings is 1. The number of ether oxygens (including phenoxy) is 2. The normalized spacial score (nSPS) is 23.0. The summed E-state index contributed by atoms with van der Waals surface area (Å²) in [6.45, 7) is -0.556. The van der Waals surface area contributed by atoms with E-state index in [1.807, 2.05) is 12.2 Å². The highest BCUT2D eigenvalue weighted by Gasteiger charge is 2.59. The molecule has 38 heavy (non-hydrogen) atoms. The molecule has 4 atom stereocenters. The molecule has 1 saturated carbocycles. The van der Waals surface area contributed by atoms with Gasteiger partial charge in [0.05, 0.1) is 29.3 Å². The third-order valence-corrected chi connectivity index (χ3v) is 7.28. The van der Waals surface area contributed by atoms with Crippen molar-refractivity contribution in [2.24, 2.45) is 23.7 Å². The maximum Gasteiger partial charge on any atom is 0.379 e. The van der Waals surface area contributed by atoms with E-state index in [1.54, 1.807) is 18.2 Å². The van der Waals surface area contributed by atoms with Gasteiger partial charge in [0.25, 0.3) is 0 Å². The molecule has 6 rings (SSSR count). The largest absolute Gasteiger partial charge is 0.457 e. The molecule has 3 aliphatic rings. The lowest BCUT2D eigenvalue weighted by atomic mass is 9.85. The van der Waals surface area contributed by atoms with Crippen LogP contribution in [0.3, 0.4) is 0 Å². The number of para-hydroxylation sites is 1. The van der Waals surface area contributed by atoms with E-state index >= 15 is 0 Å². The van der Waals surface area contributed by atoms with E-state index < -0.39 is 36.2 Å². The number of rotatable bonds is 7. The average molecular weight is 511 g/mol. The molecule has 1 aliphatic heterocycles. The summed E-state index contributed by atoms with van der Waals surface area (Å²) >= 11 is 0. The van der Waals surface area contributed by atoms with Crippen LogP contribution in [0.2, 0.25) is 0 Å². The van der Waals surface area contributed by atoms with E-state index in [4.69, 9.17) is 13.9 Å². The van der Waals surface area contributed by atoms with Crippen LogP contribution in [0, 0.1) is 23.7 Å². The van der Waals surface area contributed by atoms with Crippen LogP contribution < -0.4 is 9.64 Å². The van der Waals surface area contributed by atoms with Gasteiger partial charge >= 0.3 is 11.9 Å². The van der Waals surface area contributed by atoms with Gasteiger partial charge in [-0.15, -0.1) is 0 Å². The highest BCUT2D eigenvalue weighted by atomic mass is 16.5. The standard InChI is InChI=1S/C29H21NO8/c31-22(16-9-11-19(12-10-16)38-29(35)23-6-3-13-36-23)15-37-28(34)20-4-1-2-5-21(20)30-26(32)24-17-7-8-18(14-17)25(24)27(30)33/h1-13,17-18,24-25H,14-15H2. The summed E-state index contributed by atoms with van der Waals surface area (Å²) in [5.74, 6) is -3.04. The summed E-state index contributed by atoms with van der Waals surface area (Å²) in [6, 6.07) is 15.0. The second-order valence-electron chi connectivity index (χ2n) is 9.42. The number of amides is 2. The molecular weight excluding hydrogens is 490 g/mol. The van der Waals surface area contributed by atoms with Gasteiger partial charge in [-0.25, -0.2) is 14.5 Å². The highest BCUT2D eigenvalue weighted by Crippen LogP contribution is 2.53. The second kappa shape index (κ2) is 9.26. The van der Waals surface area contributed by atoms with Crippen molar-refractivity contribution in [3.63, 3.8) is 0 Å². The minimum Gasteiger partial charge on any atom is -0.457 e. The number of ketones is 1. The zero-order chi connectivity index (χ0) is 26.4. The Morgan fingerprint density at radius 2 is 1.53 bits per heavy atom. The van der Waals surface area contributed by atoms with Crippen molar-refractivity contribution in [2.45, 2.75) is 6.42 Å². The van der Waals surface area contributed by atoms with Crippen LogP contribution in [0.25, 0.3) is 0 Å². The van der Waals surface area contributed by atoms with Gasteiger partial charge in [0.15, 0.2) is 12.4 Å². The Kier molecular flexibility index (Phi) is 5.75. The number of anilines is 1. The van der Waals surface area contributed by atoms with E-state index in [0.29, 0.717) is 0 Å². The van der Waals surface area contributed by atoms with Crippen LogP contribution >= 0.6 is 0 Å². The van der Waals surface area contributed by atoms with Crippen LogP contribution in [0.1, 0.15) is 37.7 Å². The van der Waals surface area contributed by atoms with Crippen molar-refractivity contribution < 1.29 is 37.9 Å². The molecule has 2 bridgehead atoms. The Hall–Kier alpha value is -4.79. The van der Waals surface area contributed by atoms with Crippen molar-refractivity contribution in [2.75, 3.05) is 11.5 Å². The first-order valence-electron chi connectivity index (χ1n) is 12.1. The lowest BCUT2D eigenvalue weighted by Crippen LogP contribution is -2.34. The second-order valence-corrected chi connectivity index (χ2v) is 9.42. The van der Waals surface area contributed by atoms with Crippen LogP contribution in [-0.2, 0) is 14.3 Å². The van der Waals surface area contributed by atoms with Crippen molar-refractivity contribution in [1.29, 1.82) is 0 Å². The molecule has 2 aromatic carbocycles. The van der Waals surface area contributed by atoms with E-state index in [9.17, 15) is 24.0 Å². The smallest absolute Gasteiger partial charge is 0.379 e. The van der Waals surface area contributed by atoms with E-state index in [2.05, 4.69) is 0 Å². The number of nitrogens with zero attached hydrogens (tertiary/aromatic N) is 1. The van der Waals surface area contributed by atoms with Crippen LogP contribution in [0.4, 0.5) is 5.69 Å². The lowest BCUT2D eigenvalue weighted by molar-refractivity contribution is -0.123. The van der Waals surface area contributed by atoms with Gasteiger partial charge in [0.2, 0.25) is 17.6 Å². The first-order chi connectivity index (χ1) is 18.4. The summed E-state index contributed by atoms with van der Waals surface area (Å²) in [6.07, 6.45) is 6.16. The minimum absolute atomic E-state index is 0.0301. The molecule has 3 aromatic rings. The predicted molar refractivity (Wildman–Crippen MR) is 131 cm³/mol. The SMILES string of the molecule is O=C(COC(=O)c1ccccc1N1C(=O)C2C3C=CC(C3)C2C1=O)c1ccc(OC(=O)c2ccco2)cc1. The monoisotopic (exact) mass is 511 g/mol. The number of carbonyl (C=O) groups is 5. The first-order valence-corrected chi connectivity index (χ1v) is 12.1. The first kappa shape index (κ1) is 23.6. The van der Waals surface area contributed by atoms with Gasteiger partial charge < -0.3 is 13.9 Å². The van der Waals surface area contributed by atoms with Crippen LogP contribution in [0.15, 0.2) is 83.5 Å². The fourth-order valence-corrected chi connectivity index (χ4v) is 5.53. The number of Topliss-reactive ketones (excluding diaryl/α,β-unsaturated/α-hetero) is 1. The summed E-state index contributed by atoms with van der Waals surface area (Å²) in [7, 11) is 0. The van der Waals surface area contributed by atoms with E-state index in [-0.39, 0.29) is 52.0 Å². The predicted octanol–water partition coefficient (Wildman–Crippen LogP) is 3.85. The molecule has 2 aliphatic carbocycles. The molecule has 2 heterocycles. The van der Waals surface area contributed by atoms with Crippen molar-refractivity contribution in [1.82, 2.24) is 0 Å². The van der Waals surface area contributed by atoms with Gasteiger partial charge in [-0.05, 0) is 66.8 Å². The summed E-state index contributed by atoms with van der Waals surface area (Å²) in [5, 5.41) is 0. The molecule has 0 spiro atoms. The van der Waals surface area contributed by atoms with Crippen molar-refractivity contribution >= 4 is 35.2 Å². The number of benzene rings is 2. The number of hydrogen-bond donors (Lipinski definition) is 0. The molecule has 9 nitrogen and oxygen atoms in total. The van der Waals surface area contributed by atoms with Gasteiger partial charge in [0, 0.05) is 5.56 Å². The molecule has 1 saturated heterocycles. The Balaban J connectivity index is 1.11. The average Bonchev–Trinajstić information content (AvgIpc) is 3.73. The van der Waals surface area contributed by atoms with Gasteiger partial charge in [-0.2, -0.15) is 0 Å². The number of fused-ring (bicyclic) bond motifs is 5. The topological polar surface area (TPSA) is 120 Å². The minimum atomic E-state index is -0.822. The number of allylic oxidation sites excluding steroid dienone is 2. The van der Waals surface area contributed by atoms with Crippen LogP contribution in [0.5, 0.6) is 5.75 Å². The summed E-state index contributed by atoms with van der Waals surface area (Å²) < 4.78 is 15.4. The molecule has 9 heteroatoms.